The van der Waals surface area contributed by atoms with Gasteiger partial charge in [-0.1, -0.05) is 0 Å². The van der Waals surface area contributed by atoms with Crippen LogP contribution in [-0.4, -0.2) is 24.0 Å². The van der Waals surface area contributed by atoms with E-state index in [-0.39, 0.29) is 6.47 Å². The summed E-state index contributed by atoms with van der Waals surface area (Å²) in [7, 11) is 0. The van der Waals surface area contributed by atoms with Crippen LogP contribution in [0.15, 0.2) is 0 Å². The largest absolute Gasteiger partial charge is 0.522 e. The predicted molar refractivity (Wildman–Crippen MR) is 33.5 cm³/mol. The second-order valence-electron chi connectivity index (χ2n) is 2.22. The van der Waals surface area contributed by atoms with Crippen LogP contribution in [0.3, 0.4) is 0 Å². The molecule has 0 aliphatic heterocycles. The van der Waals surface area contributed by atoms with Gasteiger partial charge in [0.25, 0.3) is 6.47 Å². The summed E-state index contributed by atoms with van der Waals surface area (Å²) in [4.78, 5) is 8.36. The quantitative estimate of drug-likeness (QED) is 0.635. The number of alkyl halides is 3. The Morgan fingerprint density at radius 1 is 1.42 bits per heavy atom. The summed E-state index contributed by atoms with van der Waals surface area (Å²) >= 11 is 0. The number of ether oxygens (including phenoxy) is 1. The minimum atomic E-state index is -4.43. The van der Waals surface area contributed by atoms with Crippen molar-refractivity contribution in [3.63, 3.8) is 0 Å². The first-order valence-electron chi connectivity index (χ1n) is 3.32. The van der Waals surface area contributed by atoms with Gasteiger partial charge in [0.05, 0.1) is 6.10 Å². The average Bonchev–Trinajstić information content (AvgIpc) is 1.79. The molecule has 1 aliphatic rings. The first kappa shape index (κ1) is 11.2. The van der Waals surface area contributed by atoms with Crippen LogP contribution in [0.2, 0.25) is 0 Å². The molecule has 0 atom stereocenters. The van der Waals surface area contributed by atoms with Gasteiger partial charge in [0, 0.05) is 0 Å². The van der Waals surface area contributed by atoms with Gasteiger partial charge in [-0.15, -0.1) is 13.2 Å². The van der Waals surface area contributed by atoms with E-state index in [1.807, 2.05) is 0 Å². The average molecular weight is 186 g/mol. The topological polar surface area (TPSA) is 46.5 Å². The van der Waals surface area contributed by atoms with Crippen LogP contribution in [0.4, 0.5) is 13.2 Å². The van der Waals surface area contributed by atoms with Gasteiger partial charge in [-0.3, -0.25) is 9.53 Å². The van der Waals surface area contributed by atoms with Crippen LogP contribution < -0.4 is 0 Å². The minimum absolute atomic E-state index is 0.250. The van der Waals surface area contributed by atoms with E-state index in [4.69, 9.17) is 9.90 Å². The van der Waals surface area contributed by atoms with E-state index < -0.39 is 12.5 Å². The first-order chi connectivity index (χ1) is 5.49. The molecule has 3 nitrogen and oxygen atoms in total. The molecule has 0 saturated heterocycles. The lowest BCUT2D eigenvalue weighted by atomic mass is 9.96. The van der Waals surface area contributed by atoms with Gasteiger partial charge in [0.15, 0.2) is 0 Å². The SMILES string of the molecule is FC(F)(F)OC1CCC1.O=CO. The van der Waals surface area contributed by atoms with Gasteiger partial charge in [0.2, 0.25) is 0 Å². The molecule has 12 heavy (non-hydrogen) atoms. The Hall–Kier alpha value is -0.780. The van der Waals surface area contributed by atoms with E-state index >= 15 is 0 Å². The number of halogens is 3. The summed E-state index contributed by atoms with van der Waals surface area (Å²) in [6.45, 7) is -0.250. The van der Waals surface area contributed by atoms with Crippen molar-refractivity contribution in [2.24, 2.45) is 0 Å². The van der Waals surface area contributed by atoms with Gasteiger partial charge in [0.1, 0.15) is 0 Å². The highest BCUT2D eigenvalue weighted by Gasteiger charge is 2.35. The van der Waals surface area contributed by atoms with E-state index in [1.54, 1.807) is 0 Å². The zero-order valence-electron chi connectivity index (χ0n) is 6.17. The normalized spacial score (nSPS) is 17.2. The van der Waals surface area contributed by atoms with Gasteiger partial charge in [-0.2, -0.15) is 0 Å². The van der Waals surface area contributed by atoms with Gasteiger partial charge in [-0.05, 0) is 19.3 Å². The Bertz CT molecular complexity index is 130. The maximum absolute atomic E-state index is 11.3. The molecule has 0 aromatic heterocycles. The van der Waals surface area contributed by atoms with Crippen molar-refractivity contribution in [2.45, 2.75) is 31.7 Å². The molecule has 0 radical (unpaired) electrons. The lowest BCUT2D eigenvalue weighted by molar-refractivity contribution is -0.350. The van der Waals surface area contributed by atoms with E-state index in [1.165, 1.54) is 0 Å². The Balaban J connectivity index is 0.000000354. The maximum Gasteiger partial charge on any atom is 0.522 e. The van der Waals surface area contributed by atoms with Gasteiger partial charge < -0.3 is 5.11 Å². The third kappa shape index (κ3) is 5.96. The highest BCUT2D eigenvalue weighted by atomic mass is 19.4. The molecule has 1 rings (SSSR count). The zero-order chi connectivity index (χ0) is 9.61. The second-order valence-corrected chi connectivity index (χ2v) is 2.22. The molecule has 0 spiro atoms. The summed E-state index contributed by atoms with van der Waals surface area (Å²) in [5.41, 5.74) is 0. The van der Waals surface area contributed by atoms with Crippen molar-refractivity contribution in [1.82, 2.24) is 0 Å². The fraction of sp³-hybridized carbons (Fsp3) is 0.833. The summed E-state index contributed by atoms with van der Waals surface area (Å²) in [6, 6.07) is 0. The van der Waals surface area contributed by atoms with E-state index in [0.717, 1.165) is 6.42 Å². The molecule has 0 unspecified atom stereocenters. The smallest absolute Gasteiger partial charge is 0.483 e. The second kappa shape index (κ2) is 4.97. The summed E-state index contributed by atoms with van der Waals surface area (Å²) in [5, 5.41) is 6.89. The standard InChI is InChI=1S/C5H7F3O.CH2O2/c6-5(7,8)9-4-2-1-3-4;2-1-3/h4H,1-3H2;1H,(H,2,3). The monoisotopic (exact) mass is 186 g/mol. The third-order valence-electron chi connectivity index (χ3n) is 1.35. The first-order valence-corrected chi connectivity index (χ1v) is 3.32. The maximum atomic E-state index is 11.3. The van der Waals surface area contributed by atoms with E-state index in [9.17, 15) is 13.2 Å². The van der Waals surface area contributed by atoms with Crippen LogP contribution in [0, 0.1) is 0 Å². The Morgan fingerprint density at radius 3 is 1.92 bits per heavy atom. The lowest BCUT2D eigenvalue weighted by Gasteiger charge is -2.25. The highest BCUT2D eigenvalue weighted by Crippen LogP contribution is 2.29. The minimum Gasteiger partial charge on any atom is -0.483 e. The van der Waals surface area contributed by atoms with Gasteiger partial charge in [-0.25, -0.2) is 0 Å². The molecular formula is C6H9F3O3. The third-order valence-corrected chi connectivity index (χ3v) is 1.35. The Labute approximate surface area is 67.1 Å². The number of carboxylic acid groups (broad SMARTS) is 1. The summed E-state index contributed by atoms with van der Waals surface area (Å²) < 4.78 is 37.6. The van der Waals surface area contributed by atoms with Crippen molar-refractivity contribution in [2.75, 3.05) is 0 Å². The summed E-state index contributed by atoms with van der Waals surface area (Å²) in [6.07, 6.45) is -3.00. The molecule has 0 amide bonds. The lowest BCUT2D eigenvalue weighted by Crippen LogP contribution is -2.29. The van der Waals surface area contributed by atoms with Crippen LogP contribution in [0.1, 0.15) is 19.3 Å². The molecule has 6 heteroatoms. The molecule has 0 aromatic rings. The van der Waals surface area contributed by atoms with Gasteiger partial charge >= 0.3 is 6.36 Å². The van der Waals surface area contributed by atoms with Crippen molar-refractivity contribution < 1.29 is 27.8 Å². The predicted octanol–water partition coefficient (Wildman–Crippen LogP) is 1.78. The highest BCUT2D eigenvalue weighted by molar-refractivity contribution is 5.32. The molecular weight excluding hydrogens is 177 g/mol. The van der Waals surface area contributed by atoms with Crippen molar-refractivity contribution >= 4 is 6.47 Å². The zero-order valence-corrected chi connectivity index (χ0v) is 6.17. The Kier molecular flexibility index (Phi) is 4.65. The molecule has 0 heterocycles. The number of carbonyl (C=O) groups is 1. The molecule has 0 bridgehead atoms. The number of hydrogen-bond donors (Lipinski definition) is 1. The van der Waals surface area contributed by atoms with E-state index in [0.29, 0.717) is 12.8 Å². The van der Waals surface area contributed by atoms with E-state index in [2.05, 4.69) is 4.74 Å². The fourth-order valence-corrected chi connectivity index (χ4v) is 0.678. The van der Waals surface area contributed by atoms with Crippen LogP contribution in [0.5, 0.6) is 0 Å². The van der Waals surface area contributed by atoms with Crippen molar-refractivity contribution in [1.29, 1.82) is 0 Å². The van der Waals surface area contributed by atoms with Crippen LogP contribution in [0.25, 0.3) is 0 Å². The van der Waals surface area contributed by atoms with Crippen molar-refractivity contribution in [3.8, 4) is 0 Å². The van der Waals surface area contributed by atoms with Crippen LogP contribution in [-0.2, 0) is 9.53 Å². The number of rotatable bonds is 1. The molecule has 1 N–H and O–H groups in total. The summed E-state index contributed by atoms with van der Waals surface area (Å²) in [5.74, 6) is 0. The fourth-order valence-electron chi connectivity index (χ4n) is 0.678. The molecule has 72 valence electrons. The molecule has 1 aliphatic carbocycles. The molecule has 0 aromatic carbocycles. The molecule has 1 saturated carbocycles. The van der Waals surface area contributed by atoms with Crippen LogP contribution >= 0.6 is 0 Å². The Morgan fingerprint density at radius 2 is 1.83 bits per heavy atom. The number of hydrogen-bond acceptors (Lipinski definition) is 2. The van der Waals surface area contributed by atoms with Crippen molar-refractivity contribution in [3.05, 3.63) is 0 Å². The molecule has 1 fully saturated rings.